The maximum absolute atomic E-state index is 13.5. The van der Waals surface area contributed by atoms with Gasteiger partial charge in [-0.25, -0.2) is 0 Å². The molecule has 0 spiro atoms. The molecule has 1 heterocycles. The standard InChI is InChI=1S/C28H43N3O2/c1-18-10-12-27(2)20(14-18)6-7-21-22-8-9-24(28(22,3)13-11-23(21)27)25(32)17-31-16-19(15-29-31)26(33)30(4)5/h15-16,18,20-24H,6-14,17H2,1-5H3/t18?,20?,21?,22?,23?,24?,27?,28-/m0/s1. The Morgan fingerprint density at radius 2 is 1.76 bits per heavy atom. The molecule has 5 nitrogen and oxygen atoms in total. The lowest BCUT2D eigenvalue weighted by Crippen LogP contribution is -2.53. The van der Waals surface area contributed by atoms with E-state index in [0.717, 1.165) is 30.1 Å². The van der Waals surface area contributed by atoms with Crippen LogP contribution in [0.3, 0.4) is 0 Å². The zero-order valence-electron chi connectivity index (χ0n) is 21.3. The molecule has 0 radical (unpaired) electrons. The minimum absolute atomic E-state index is 0.0684. The quantitative estimate of drug-likeness (QED) is 0.609. The first-order valence-electron chi connectivity index (χ1n) is 13.4. The summed E-state index contributed by atoms with van der Waals surface area (Å²) in [6, 6.07) is 0. The van der Waals surface area contributed by atoms with E-state index < -0.39 is 0 Å². The van der Waals surface area contributed by atoms with Crippen LogP contribution in [0.2, 0.25) is 0 Å². The van der Waals surface area contributed by atoms with E-state index in [0.29, 0.717) is 29.2 Å². The molecule has 4 saturated carbocycles. The number of fused-ring (bicyclic) bond motifs is 5. The van der Waals surface area contributed by atoms with Crippen LogP contribution in [0.15, 0.2) is 12.4 Å². The molecular formula is C28H43N3O2. The summed E-state index contributed by atoms with van der Waals surface area (Å²) in [5.41, 5.74) is 1.22. The molecule has 5 rings (SSSR count). The summed E-state index contributed by atoms with van der Waals surface area (Å²) in [5.74, 6) is 4.58. The second kappa shape index (κ2) is 8.23. The van der Waals surface area contributed by atoms with Crippen molar-refractivity contribution in [3.05, 3.63) is 18.0 Å². The normalized spacial score (nSPS) is 42.2. The lowest BCUT2D eigenvalue weighted by Gasteiger charge is -2.61. The van der Waals surface area contributed by atoms with Gasteiger partial charge in [0, 0.05) is 26.2 Å². The van der Waals surface area contributed by atoms with E-state index >= 15 is 0 Å². The molecule has 1 aromatic heterocycles. The van der Waals surface area contributed by atoms with Gasteiger partial charge in [0.25, 0.3) is 5.91 Å². The number of aromatic nitrogens is 2. The maximum atomic E-state index is 13.5. The van der Waals surface area contributed by atoms with Crippen LogP contribution in [0.25, 0.3) is 0 Å². The number of ketones is 1. The predicted molar refractivity (Wildman–Crippen MR) is 130 cm³/mol. The predicted octanol–water partition coefficient (Wildman–Crippen LogP) is 5.45. The summed E-state index contributed by atoms with van der Waals surface area (Å²) < 4.78 is 1.68. The van der Waals surface area contributed by atoms with Gasteiger partial charge in [-0.15, -0.1) is 0 Å². The summed E-state index contributed by atoms with van der Waals surface area (Å²) in [6.45, 7) is 7.81. The fourth-order valence-electron chi connectivity index (χ4n) is 9.09. The van der Waals surface area contributed by atoms with Gasteiger partial charge in [-0.3, -0.25) is 14.3 Å². The second-order valence-corrected chi connectivity index (χ2v) is 12.8. The van der Waals surface area contributed by atoms with Crippen LogP contribution in [-0.4, -0.2) is 40.5 Å². The number of rotatable bonds is 4. The fraction of sp³-hybridized carbons (Fsp3) is 0.821. The Hall–Kier alpha value is -1.65. The maximum Gasteiger partial charge on any atom is 0.256 e. The molecule has 0 bridgehead atoms. The molecule has 0 saturated heterocycles. The van der Waals surface area contributed by atoms with Gasteiger partial charge in [0.05, 0.1) is 18.3 Å². The van der Waals surface area contributed by atoms with Crippen molar-refractivity contribution in [2.24, 2.45) is 46.3 Å². The van der Waals surface area contributed by atoms with Gasteiger partial charge in [-0.1, -0.05) is 27.2 Å². The van der Waals surface area contributed by atoms with Crippen molar-refractivity contribution in [1.82, 2.24) is 14.7 Å². The van der Waals surface area contributed by atoms with Gasteiger partial charge >= 0.3 is 0 Å². The molecule has 4 fully saturated rings. The number of amides is 1. The lowest BCUT2D eigenvalue weighted by molar-refractivity contribution is -0.137. The summed E-state index contributed by atoms with van der Waals surface area (Å²) >= 11 is 0. The lowest BCUT2D eigenvalue weighted by atomic mass is 9.44. The molecule has 1 amide bonds. The summed E-state index contributed by atoms with van der Waals surface area (Å²) in [6.07, 6.45) is 15.1. The highest BCUT2D eigenvalue weighted by atomic mass is 16.2. The molecule has 4 aliphatic rings. The van der Waals surface area contributed by atoms with E-state index in [1.807, 2.05) is 0 Å². The van der Waals surface area contributed by atoms with Crippen LogP contribution in [0.1, 0.15) is 88.9 Å². The summed E-state index contributed by atoms with van der Waals surface area (Å²) in [4.78, 5) is 27.3. The molecule has 8 atom stereocenters. The van der Waals surface area contributed by atoms with Crippen molar-refractivity contribution in [3.63, 3.8) is 0 Å². The Kier molecular flexibility index (Phi) is 5.77. The van der Waals surface area contributed by atoms with Crippen LogP contribution in [0, 0.1) is 46.3 Å². The van der Waals surface area contributed by atoms with Crippen LogP contribution < -0.4 is 0 Å². The van der Waals surface area contributed by atoms with Crippen LogP contribution >= 0.6 is 0 Å². The second-order valence-electron chi connectivity index (χ2n) is 12.8. The Morgan fingerprint density at radius 1 is 1.03 bits per heavy atom. The van der Waals surface area contributed by atoms with Crippen LogP contribution in [-0.2, 0) is 11.3 Å². The Bertz CT molecular complexity index is 922. The average Bonchev–Trinajstić information content (AvgIpc) is 3.37. The molecule has 0 aliphatic heterocycles. The minimum Gasteiger partial charge on any atom is -0.345 e. The summed E-state index contributed by atoms with van der Waals surface area (Å²) in [5, 5.41) is 4.33. The average molecular weight is 454 g/mol. The van der Waals surface area contributed by atoms with E-state index in [9.17, 15) is 9.59 Å². The molecule has 0 aromatic carbocycles. The van der Waals surface area contributed by atoms with Crippen LogP contribution in [0.5, 0.6) is 0 Å². The number of nitrogens with zero attached hydrogens (tertiary/aromatic N) is 3. The topological polar surface area (TPSA) is 55.2 Å². The Morgan fingerprint density at radius 3 is 2.52 bits per heavy atom. The van der Waals surface area contributed by atoms with Gasteiger partial charge in [0.2, 0.25) is 0 Å². The van der Waals surface area contributed by atoms with Gasteiger partial charge in [0.15, 0.2) is 5.78 Å². The largest absolute Gasteiger partial charge is 0.345 e. The third-order valence-electron chi connectivity index (χ3n) is 10.9. The van der Waals surface area contributed by atoms with Gasteiger partial charge in [-0.05, 0) is 91.8 Å². The highest BCUT2D eigenvalue weighted by Gasteiger charge is 2.60. The third-order valence-corrected chi connectivity index (χ3v) is 10.9. The Labute approximate surface area is 199 Å². The van der Waals surface area contributed by atoms with Gasteiger partial charge in [-0.2, -0.15) is 5.10 Å². The first-order valence-corrected chi connectivity index (χ1v) is 13.4. The molecule has 1 aromatic rings. The number of Topliss-reactive ketones (excluding diaryl/α,β-unsaturated/α-hetero) is 1. The zero-order chi connectivity index (χ0) is 23.5. The zero-order valence-corrected chi connectivity index (χ0v) is 21.3. The van der Waals surface area contributed by atoms with Crippen LogP contribution in [0.4, 0.5) is 0 Å². The first kappa shape index (κ1) is 23.1. The van der Waals surface area contributed by atoms with E-state index in [1.54, 1.807) is 36.1 Å². The van der Waals surface area contributed by atoms with Crippen molar-refractivity contribution in [1.29, 1.82) is 0 Å². The SMILES string of the molecule is CC1CCC2(C)C(CCC3C2CC[C@]2(C)C(C(=O)Cn4cc(C(=O)N(C)C)cn4)CCC32)C1. The smallest absolute Gasteiger partial charge is 0.256 e. The monoisotopic (exact) mass is 453 g/mol. The highest BCUT2D eigenvalue weighted by molar-refractivity contribution is 5.93. The van der Waals surface area contributed by atoms with Crippen molar-refractivity contribution < 1.29 is 9.59 Å². The molecule has 33 heavy (non-hydrogen) atoms. The van der Waals surface area contributed by atoms with Crippen molar-refractivity contribution in [3.8, 4) is 0 Å². The first-order chi connectivity index (χ1) is 15.6. The minimum atomic E-state index is -0.0684. The molecular weight excluding hydrogens is 410 g/mol. The molecule has 182 valence electrons. The van der Waals surface area contributed by atoms with E-state index in [1.165, 1.54) is 51.4 Å². The molecule has 7 unspecified atom stereocenters. The Balaban J connectivity index is 1.30. The van der Waals surface area contributed by atoms with Crippen molar-refractivity contribution in [2.75, 3.05) is 14.1 Å². The van der Waals surface area contributed by atoms with Gasteiger partial charge in [0.1, 0.15) is 0 Å². The molecule has 4 aliphatic carbocycles. The number of hydrogen-bond acceptors (Lipinski definition) is 3. The molecule has 0 N–H and O–H groups in total. The van der Waals surface area contributed by atoms with Gasteiger partial charge < -0.3 is 4.90 Å². The number of carbonyl (C=O) groups is 2. The van der Waals surface area contributed by atoms with E-state index in [2.05, 4.69) is 25.9 Å². The summed E-state index contributed by atoms with van der Waals surface area (Å²) in [7, 11) is 3.48. The third kappa shape index (κ3) is 3.69. The van der Waals surface area contributed by atoms with E-state index in [4.69, 9.17) is 0 Å². The van der Waals surface area contributed by atoms with Crippen molar-refractivity contribution >= 4 is 11.7 Å². The van der Waals surface area contributed by atoms with E-state index in [-0.39, 0.29) is 17.2 Å². The van der Waals surface area contributed by atoms with Crippen molar-refractivity contribution in [2.45, 2.75) is 85.1 Å². The number of carbonyl (C=O) groups excluding carboxylic acids is 2. The highest BCUT2D eigenvalue weighted by Crippen LogP contribution is 2.67. The number of hydrogen-bond donors (Lipinski definition) is 0. The fourth-order valence-corrected chi connectivity index (χ4v) is 9.09. The molecule has 5 heteroatoms.